The second-order valence-corrected chi connectivity index (χ2v) is 4.23. The number of nitrogens with two attached hydrogens (primary N) is 1. The van der Waals surface area contributed by atoms with Crippen LogP contribution in [0.1, 0.15) is 25.6 Å². The molecule has 1 aromatic rings. The molecule has 94 valence electrons. The van der Waals surface area contributed by atoms with Gasteiger partial charge in [0.15, 0.2) is 6.23 Å². The first kappa shape index (κ1) is 13.7. The lowest BCUT2D eigenvalue weighted by atomic mass is 10.2. The molecule has 1 unspecified atom stereocenters. The lowest BCUT2D eigenvalue weighted by Crippen LogP contribution is -2.22. The normalized spacial score (nSPS) is 12.5. The van der Waals surface area contributed by atoms with Crippen LogP contribution in [0.25, 0.3) is 0 Å². The molecule has 2 N–H and O–H groups in total. The van der Waals surface area contributed by atoms with E-state index in [-0.39, 0.29) is 6.61 Å². The van der Waals surface area contributed by atoms with Crippen molar-refractivity contribution >= 4 is 5.97 Å². The highest BCUT2D eigenvalue weighted by atomic mass is 16.6. The number of hydrogen-bond donors (Lipinski definition) is 1. The van der Waals surface area contributed by atoms with Crippen LogP contribution in [0.15, 0.2) is 30.3 Å². The van der Waals surface area contributed by atoms with Crippen molar-refractivity contribution in [3.8, 4) is 0 Å². The first-order valence-electron chi connectivity index (χ1n) is 5.67. The van der Waals surface area contributed by atoms with E-state index in [1.54, 1.807) is 0 Å². The molecule has 1 aromatic carbocycles. The van der Waals surface area contributed by atoms with Crippen LogP contribution in [0.3, 0.4) is 0 Å². The summed E-state index contributed by atoms with van der Waals surface area (Å²) in [6.45, 7) is 4.51. The molecule has 0 aliphatic carbocycles. The van der Waals surface area contributed by atoms with Crippen molar-refractivity contribution in [3.05, 3.63) is 35.9 Å². The highest BCUT2D eigenvalue weighted by Gasteiger charge is 2.11. The molecule has 1 rings (SSSR count). The average Bonchev–Trinajstić information content (AvgIpc) is 2.29. The van der Waals surface area contributed by atoms with Crippen molar-refractivity contribution in [1.29, 1.82) is 0 Å². The second kappa shape index (κ2) is 7.04. The molecule has 0 spiro atoms. The van der Waals surface area contributed by atoms with Gasteiger partial charge in [-0.2, -0.15) is 0 Å². The van der Waals surface area contributed by atoms with Crippen LogP contribution in [0.5, 0.6) is 0 Å². The van der Waals surface area contributed by atoms with Crippen LogP contribution >= 0.6 is 0 Å². The van der Waals surface area contributed by atoms with Gasteiger partial charge in [0.25, 0.3) is 0 Å². The number of esters is 1. The van der Waals surface area contributed by atoms with E-state index in [4.69, 9.17) is 15.2 Å². The van der Waals surface area contributed by atoms with Crippen molar-refractivity contribution in [2.45, 2.75) is 20.1 Å². The predicted molar refractivity (Wildman–Crippen MR) is 65.1 cm³/mol. The van der Waals surface area contributed by atoms with Gasteiger partial charge in [0, 0.05) is 12.2 Å². The van der Waals surface area contributed by atoms with Crippen molar-refractivity contribution in [3.63, 3.8) is 0 Å². The van der Waals surface area contributed by atoms with Crippen LogP contribution in [-0.4, -0.2) is 19.2 Å². The third-order valence-corrected chi connectivity index (χ3v) is 2.06. The highest BCUT2D eigenvalue weighted by molar-refractivity contribution is 5.71. The van der Waals surface area contributed by atoms with E-state index in [0.717, 1.165) is 5.56 Å². The predicted octanol–water partition coefficient (Wildman–Crippen LogP) is 1.86. The maximum absolute atomic E-state index is 11.4. The largest absolute Gasteiger partial charge is 0.441 e. The van der Waals surface area contributed by atoms with Gasteiger partial charge < -0.3 is 9.47 Å². The molecule has 0 saturated heterocycles. The fraction of sp³-hybridized carbons (Fsp3) is 0.462. The van der Waals surface area contributed by atoms with E-state index in [2.05, 4.69) is 0 Å². The molecular formula is C13H19NO3. The zero-order chi connectivity index (χ0) is 12.7. The fourth-order valence-electron chi connectivity index (χ4n) is 1.26. The summed E-state index contributed by atoms with van der Waals surface area (Å²) in [5, 5.41) is 0. The third-order valence-electron chi connectivity index (χ3n) is 2.06. The molecule has 4 heteroatoms. The van der Waals surface area contributed by atoms with E-state index >= 15 is 0 Å². The molecule has 0 aliphatic heterocycles. The molecule has 0 fully saturated rings. The second-order valence-electron chi connectivity index (χ2n) is 4.23. The molecule has 0 radical (unpaired) electrons. The maximum Gasteiger partial charge on any atom is 0.333 e. The molecule has 1 atom stereocenters. The summed E-state index contributed by atoms with van der Waals surface area (Å²) in [5.41, 5.74) is 6.50. The summed E-state index contributed by atoms with van der Waals surface area (Å²) < 4.78 is 10.2. The monoisotopic (exact) mass is 237 g/mol. The van der Waals surface area contributed by atoms with Crippen molar-refractivity contribution in [1.82, 2.24) is 0 Å². The number of hydrogen-bond acceptors (Lipinski definition) is 4. The molecule has 0 heterocycles. The zero-order valence-corrected chi connectivity index (χ0v) is 10.3. The molecule has 4 nitrogen and oxygen atoms in total. The van der Waals surface area contributed by atoms with E-state index < -0.39 is 12.2 Å². The SMILES string of the molecule is CC(C)COCC(=O)OC(N)c1ccccc1. The van der Waals surface area contributed by atoms with Gasteiger partial charge in [-0.25, -0.2) is 4.79 Å². The number of rotatable bonds is 6. The molecule has 0 saturated carbocycles. The molecule has 0 amide bonds. The van der Waals surface area contributed by atoms with Gasteiger partial charge in [-0.15, -0.1) is 0 Å². The van der Waals surface area contributed by atoms with Crippen LogP contribution < -0.4 is 5.73 Å². The Bertz CT molecular complexity index is 338. The van der Waals surface area contributed by atoms with Crippen LogP contribution in [0, 0.1) is 5.92 Å². The van der Waals surface area contributed by atoms with Crippen LogP contribution in [0.4, 0.5) is 0 Å². The minimum absolute atomic E-state index is 0.0568. The standard InChI is InChI=1S/C13H19NO3/c1-10(2)8-16-9-12(15)17-13(14)11-6-4-3-5-7-11/h3-7,10,13H,8-9,14H2,1-2H3. The van der Waals surface area contributed by atoms with Gasteiger partial charge in [0.2, 0.25) is 0 Å². The number of ether oxygens (including phenoxy) is 2. The van der Waals surface area contributed by atoms with Gasteiger partial charge >= 0.3 is 5.97 Å². The lowest BCUT2D eigenvalue weighted by molar-refractivity contribution is -0.154. The zero-order valence-electron chi connectivity index (χ0n) is 10.3. The van der Waals surface area contributed by atoms with E-state index in [9.17, 15) is 4.79 Å². The van der Waals surface area contributed by atoms with E-state index in [1.807, 2.05) is 44.2 Å². The van der Waals surface area contributed by atoms with Gasteiger partial charge in [-0.1, -0.05) is 44.2 Å². The Morgan fingerprint density at radius 3 is 2.53 bits per heavy atom. The Balaban J connectivity index is 2.31. The van der Waals surface area contributed by atoms with E-state index in [0.29, 0.717) is 12.5 Å². The van der Waals surface area contributed by atoms with Crippen molar-refractivity contribution in [2.24, 2.45) is 11.7 Å². The molecule has 17 heavy (non-hydrogen) atoms. The average molecular weight is 237 g/mol. The summed E-state index contributed by atoms with van der Waals surface area (Å²) in [5.74, 6) is -0.0485. The highest BCUT2D eigenvalue weighted by Crippen LogP contribution is 2.10. The Morgan fingerprint density at radius 2 is 1.94 bits per heavy atom. The Morgan fingerprint density at radius 1 is 1.29 bits per heavy atom. The summed E-state index contributed by atoms with van der Waals surface area (Å²) in [4.78, 5) is 11.4. The van der Waals surface area contributed by atoms with Gasteiger partial charge in [0.1, 0.15) is 6.61 Å². The van der Waals surface area contributed by atoms with Crippen LogP contribution in [0.2, 0.25) is 0 Å². The summed E-state index contributed by atoms with van der Waals surface area (Å²) in [6.07, 6.45) is -0.730. The summed E-state index contributed by atoms with van der Waals surface area (Å²) in [7, 11) is 0. The summed E-state index contributed by atoms with van der Waals surface area (Å²) >= 11 is 0. The Hall–Kier alpha value is -1.39. The minimum Gasteiger partial charge on any atom is -0.441 e. The Kier molecular flexibility index (Phi) is 5.66. The molecular weight excluding hydrogens is 218 g/mol. The smallest absolute Gasteiger partial charge is 0.333 e. The quantitative estimate of drug-likeness (QED) is 0.606. The van der Waals surface area contributed by atoms with Crippen molar-refractivity contribution in [2.75, 3.05) is 13.2 Å². The number of benzene rings is 1. The number of carbonyl (C=O) groups is 1. The number of carbonyl (C=O) groups excluding carboxylic acids is 1. The maximum atomic E-state index is 11.4. The molecule has 0 aromatic heterocycles. The third kappa shape index (κ3) is 5.47. The topological polar surface area (TPSA) is 61.5 Å². The van der Waals surface area contributed by atoms with Gasteiger partial charge in [-0.05, 0) is 5.92 Å². The van der Waals surface area contributed by atoms with Gasteiger partial charge in [0.05, 0.1) is 0 Å². The van der Waals surface area contributed by atoms with Crippen molar-refractivity contribution < 1.29 is 14.3 Å². The van der Waals surface area contributed by atoms with Gasteiger partial charge in [-0.3, -0.25) is 5.73 Å². The lowest BCUT2D eigenvalue weighted by Gasteiger charge is -2.13. The minimum atomic E-state index is -0.730. The first-order chi connectivity index (χ1) is 8.09. The molecule has 0 bridgehead atoms. The fourth-order valence-corrected chi connectivity index (χ4v) is 1.26. The van der Waals surface area contributed by atoms with E-state index in [1.165, 1.54) is 0 Å². The molecule has 0 aliphatic rings. The Labute approximate surface area is 102 Å². The summed E-state index contributed by atoms with van der Waals surface area (Å²) in [6, 6.07) is 9.19. The van der Waals surface area contributed by atoms with Crippen LogP contribution in [-0.2, 0) is 14.3 Å². The first-order valence-corrected chi connectivity index (χ1v) is 5.67.